The van der Waals surface area contributed by atoms with Crippen molar-refractivity contribution in [1.82, 2.24) is 4.90 Å². The van der Waals surface area contributed by atoms with Gasteiger partial charge in [0.15, 0.2) is 0 Å². The fourth-order valence-electron chi connectivity index (χ4n) is 3.87. The van der Waals surface area contributed by atoms with Crippen molar-refractivity contribution in [2.45, 2.75) is 19.9 Å². The van der Waals surface area contributed by atoms with E-state index in [0.29, 0.717) is 25.3 Å². The Morgan fingerprint density at radius 3 is 2.55 bits per heavy atom. The molecule has 0 N–H and O–H groups in total. The average molecular weight is 392 g/mol. The van der Waals surface area contributed by atoms with E-state index in [0.717, 1.165) is 17.7 Å². The van der Waals surface area contributed by atoms with Crippen LogP contribution in [0.5, 0.6) is 0 Å². The molecule has 29 heavy (non-hydrogen) atoms. The van der Waals surface area contributed by atoms with Gasteiger partial charge in [-0.2, -0.15) is 0 Å². The Morgan fingerprint density at radius 1 is 1.10 bits per heavy atom. The number of amides is 2. The molecule has 2 unspecified atom stereocenters. The van der Waals surface area contributed by atoms with Gasteiger partial charge in [0.25, 0.3) is 5.91 Å². The summed E-state index contributed by atoms with van der Waals surface area (Å²) in [6, 6.07) is 16.8. The summed E-state index contributed by atoms with van der Waals surface area (Å²) in [5, 5.41) is 0. The third kappa shape index (κ3) is 4.01. The number of hydrogen-bond acceptors (Lipinski definition) is 4. The molecule has 2 atom stereocenters. The van der Waals surface area contributed by atoms with E-state index < -0.39 is 0 Å². The molecule has 2 aromatic carbocycles. The van der Waals surface area contributed by atoms with E-state index in [1.54, 1.807) is 22.8 Å². The minimum absolute atomic E-state index is 0.0131. The summed E-state index contributed by atoms with van der Waals surface area (Å²) in [7, 11) is 0. The lowest BCUT2D eigenvalue weighted by molar-refractivity contribution is -0.145. The van der Waals surface area contributed by atoms with E-state index in [9.17, 15) is 14.4 Å². The molecule has 0 spiro atoms. The van der Waals surface area contributed by atoms with Gasteiger partial charge >= 0.3 is 5.97 Å². The Labute approximate surface area is 170 Å². The molecule has 1 heterocycles. The maximum atomic E-state index is 13.2. The second-order valence-corrected chi connectivity index (χ2v) is 7.51. The number of carbonyl (C=O) groups is 3. The first-order chi connectivity index (χ1) is 14.1. The maximum absolute atomic E-state index is 13.2. The van der Waals surface area contributed by atoms with Gasteiger partial charge in [-0.3, -0.25) is 14.4 Å². The summed E-state index contributed by atoms with van der Waals surface area (Å²) in [6.07, 6.45) is 0.726. The summed E-state index contributed by atoms with van der Waals surface area (Å²) in [4.78, 5) is 41.1. The first kappa shape index (κ1) is 19.2. The number of nitrogens with zero attached hydrogens (tertiary/aromatic N) is 2. The van der Waals surface area contributed by atoms with Crippen molar-refractivity contribution in [2.24, 2.45) is 11.8 Å². The van der Waals surface area contributed by atoms with Gasteiger partial charge in [0.2, 0.25) is 5.91 Å². The third-order valence-electron chi connectivity index (χ3n) is 5.52. The van der Waals surface area contributed by atoms with Gasteiger partial charge in [0.1, 0.15) is 6.54 Å². The third-order valence-corrected chi connectivity index (χ3v) is 5.52. The van der Waals surface area contributed by atoms with Gasteiger partial charge in [0.05, 0.1) is 12.5 Å². The van der Waals surface area contributed by atoms with Gasteiger partial charge in [-0.05, 0) is 43.0 Å². The Kier molecular flexibility index (Phi) is 5.34. The summed E-state index contributed by atoms with van der Waals surface area (Å²) >= 11 is 0. The normalized spacial score (nSPS) is 19.6. The lowest BCUT2D eigenvalue weighted by Crippen LogP contribution is -2.42. The standard InChI is InChI=1S/C23H24N2O4/c1-2-29-23(28)20-12-17(20)14-25(18-9-4-3-5-10-18)21(26)15-24-13-16-8-6-7-11-19(16)22(24)27/h3-11,17,20H,2,12-15H2,1H3. The zero-order valence-corrected chi connectivity index (χ0v) is 16.4. The van der Waals surface area contributed by atoms with E-state index in [1.165, 1.54) is 0 Å². The first-order valence-electron chi connectivity index (χ1n) is 9.97. The number of fused-ring (bicyclic) bond motifs is 1. The Hall–Kier alpha value is -3.15. The minimum atomic E-state index is -0.192. The molecule has 4 rings (SSSR count). The molecule has 0 bridgehead atoms. The Balaban J connectivity index is 1.46. The number of carbonyl (C=O) groups excluding carboxylic acids is 3. The van der Waals surface area contributed by atoms with Crippen LogP contribution in [0.1, 0.15) is 29.3 Å². The molecule has 0 aromatic heterocycles. The summed E-state index contributed by atoms with van der Waals surface area (Å²) < 4.78 is 5.11. The molecule has 1 aliphatic heterocycles. The highest BCUT2D eigenvalue weighted by Crippen LogP contribution is 2.41. The van der Waals surface area contributed by atoms with Gasteiger partial charge in [0, 0.05) is 24.3 Å². The number of anilines is 1. The van der Waals surface area contributed by atoms with Crippen molar-refractivity contribution in [3.05, 3.63) is 65.7 Å². The fourth-order valence-corrected chi connectivity index (χ4v) is 3.87. The van der Waals surface area contributed by atoms with Crippen LogP contribution in [0.15, 0.2) is 54.6 Å². The second kappa shape index (κ2) is 8.07. The van der Waals surface area contributed by atoms with Gasteiger partial charge in [-0.25, -0.2) is 0 Å². The number of benzene rings is 2. The van der Waals surface area contributed by atoms with E-state index in [1.807, 2.05) is 48.5 Å². The van der Waals surface area contributed by atoms with Crippen molar-refractivity contribution in [1.29, 1.82) is 0 Å². The van der Waals surface area contributed by atoms with Crippen molar-refractivity contribution < 1.29 is 19.1 Å². The molecule has 6 heteroatoms. The van der Waals surface area contributed by atoms with Crippen LogP contribution in [-0.4, -0.2) is 42.4 Å². The van der Waals surface area contributed by atoms with Gasteiger partial charge in [-0.1, -0.05) is 36.4 Å². The average Bonchev–Trinajstić information content (AvgIpc) is 3.45. The van der Waals surface area contributed by atoms with Crippen LogP contribution in [0.25, 0.3) is 0 Å². The van der Waals surface area contributed by atoms with E-state index in [4.69, 9.17) is 4.74 Å². The Morgan fingerprint density at radius 2 is 1.83 bits per heavy atom. The molecule has 0 saturated heterocycles. The Bertz CT molecular complexity index is 927. The molecule has 2 aliphatic rings. The molecule has 1 fully saturated rings. The van der Waals surface area contributed by atoms with Gasteiger partial charge < -0.3 is 14.5 Å². The van der Waals surface area contributed by atoms with Crippen molar-refractivity contribution in [2.75, 3.05) is 24.6 Å². The monoisotopic (exact) mass is 392 g/mol. The molecule has 2 amide bonds. The van der Waals surface area contributed by atoms with Crippen LogP contribution in [0.4, 0.5) is 5.69 Å². The molecule has 2 aromatic rings. The van der Waals surface area contributed by atoms with Crippen molar-refractivity contribution in [3.63, 3.8) is 0 Å². The highest BCUT2D eigenvalue weighted by Gasteiger charge is 2.46. The number of ether oxygens (including phenoxy) is 1. The predicted octanol–water partition coefficient (Wildman–Crippen LogP) is 2.87. The number of rotatable bonds is 7. The number of para-hydroxylation sites is 1. The molecule has 1 saturated carbocycles. The van der Waals surface area contributed by atoms with Crippen LogP contribution in [-0.2, 0) is 20.9 Å². The SMILES string of the molecule is CCOC(=O)C1CC1CN(C(=O)CN1Cc2ccccc2C1=O)c1ccccc1. The summed E-state index contributed by atoms with van der Waals surface area (Å²) in [5.41, 5.74) is 2.38. The molecule has 150 valence electrons. The lowest BCUT2D eigenvalue weighted by atomic mass is 10.1. The zero-order valence-electron chi connectivity index (χ0n) is 16.4. The van der Waals surface area contributed by atoms with E-state index >= 15 is 0 Å². The lowest BCUT2D eigenvalue weighted by Gasteiger charge is -2.26. The highest BCUT2D eigenvalue weighted by atomic mass is 16.5. The van der Waals surface area contributed by atoms with E-state index in [-0.39, 0.29) is 36.2 Å². The predicted molar refractivity (Wildman–Crippen MR) is 108 cm³/mol. The van der Waals surface area contributed by atoms with Crippen LogP contribution >= 0.6 is 0 Å². The molecule has 6 nitrogen and oxygen atoms in total. The van der Waals surface area contributed by atoms with Crippen LogP contribution < -0.4 is 4.90 Å². The largest absolute Gasteiger partial charge is 0.466 e. The quantitative estimate of drug-likeness (QED) is 0.680. The van der Waals surface area contributed by atoms with Gasteiger partial charge in [-0.15, -0.1) is 0 Å². The number of esters is 1. The van der Waals surface area contributed by atoms with Crippen molar-refractivity contribution >= 4 is 23.5 Å². The minimum Gasteiger partial charge on any atom is -0.466 e. The van der Waals surface area contributed by atoms with Crippen LogP contribution in [0, 0.1) is 11.8 Å². The molecular weight excluding hydrogens is 368 g/mol. The maximum Gasteiger partial charge on any atom is 0.309 e. The first-order valence-corrected chi connectivity index (χ1v) is 9.97. The summed E-state index contributed by atoms with van der Waals surface area (Å²) in [6.45, 7) is 3.06. The van der Waals surface area contributed by atoms with Crippen LogP contribution in [0.3, 0.4) is 0 Å². The highest BCUT2D eigenvalue weighted by molar-refractivity contribution is 6.02. The fraction of sp³-hybridized carbons (Fsp3) is 0.348. The summed E-state index contributed by atoms with van der Waals surface area (Å²) in [5.74, 6) is -0.510. The molecule has 0 radical (unpaired) electrons. The zero-order chi connectivity index (χ0) is 20.4. The second-order valence-electron chi connectivity index (χ2n) is 7.51. The molecular formula is C23H24N2O4. The van der Waals surface area contributed by atoms with E-state index in [2.05, 4.69) is 0 Å². The number of hydrogen-bond donors (Lipinski definition) is 0. The van der Waals surface area contributed by atoms with Crippen molar-refractivity contribution in [3.8, 4) is 0 Å². The smallest absolute Gasteiger partial charge is 0.309 e. The topological polar surface area (TPSA) is 66.9 Å². The van der Waals surface area contributed by atoms with Crippen LogP contribution in [0.2, 0.25) is 0 Å². The molecule has 1 aliphatic carbocycles.